The van der Waals surface area contributed by atoms with E-state index in [1.807, 2.05) is 0 Å². The van der Waals surface area contributed by atoms with Gasteiger partial charge in [-0.1, -0.05) is 6.92 Å². The highest BCUT2D eigenvalue weighted by Crippen LogP contribution is 2.41. The fraction of sp³-hybridized carbons (Fsp3) is 0.900. The second-order valence-electron chi connectivity index (χ2n) is 3.61. The van der Waals surface area contributed by atoms with Crippen molar-refractivity contribution in [3.63, 3.8) is 0 Å². The Morgan fingerprint density at radius 2 is 1.81 bits per heavy atom. The van der Waals surface area contributed by atoms with Gasteiger partial charge in [-0.05, 0) is 27.2 Å². The summed E-state index contributed by atoms with van der Waals surface area (Å²) in [5, 5.41) is 0. The largest absolute Gasteiger partial charge is 0.435 e. The molecule has 0 spiro atoms. The van der Waals surface area contributed by atoms with Gasteiger partial charge < -0.3 is 9.47 Å². The first-order valence-electron chi connectivity index (χ1n) is 5.08. The molecule has 0 aromatic carbocycles. The predicted molar refractivity (Wildman–Crippen MR) is 51.6 cm³/mol. The second kappa shape index (κ2) is 5.52. The van der Waals surface area contributed by atoms with Crippen LogP contribution in [0.25, 0.3) is 0 Å². The van der Waals surface area contributed by atoms with Crippen molar-refractivity contribution in [2.75, 3.05) is 6.61 Å². The lowest BCUT2D eigenvalue weighted by molar-refractivity contribution is -0.242. The van der Waals surface area contributed by atoms with Gasteiger partial charge in [0.25, 0.3) is 0 Å². The molecule has 0 N–H and O–H groups in total. The monoisotopic (exact) mass is 242 g/mol. The molecule has 2 atom stereocenters. The zero-order valence-electron chi connectivity index (χ0n) is 9.85. The Bertz CT molecular complexity index is 240. The number of carbonyl (C=O) groups excluding carboxylic acids is 1. The Morgan fingerprint density at radius 3 is 2.12 bits per heavy atom. The fourth-order valence-corrected chi connectivity index (χ4v) is 1.01. The molecule has 0 aliphatic rings. The Hall–Kier alpha value is -0.780. The molecule has 0 amide bonds. The summed E-state index contributed by atoms with van der Waals surface area (Å²) in [4.78, 5) is 11.4. The molecule has 0 saturated carbocycles. The molecule has 6 heteroatoms. The van der Waals surface area contributed by atoms with E-state index in [1.165, 1.54) is 13.8 Å². The van der Waals surface area contributed by atoms with Gasteiger partial charge >= 0.3 is 12.1 Å². The third-order valence-corrected chi connectivity index (χ3v) is 2.46. The summed E-state index contributed by atoms with van der Waals surface area (Å²) in [5.41, 5.74) is -2.47. The number of alkyl halides is 3. The van der Waals surface area contributed by atoms with Gasteiger partial charge in [0.2, 0.25) is 0 Å². The summed E-state index contributed by atoms with van der Waals surface area (Å²) in [7, 11) is 0. The van der Waals surface area contributed by atoms with E-state index in [9.17, 15) is 18.0 Å². The van der Waals surface area contributed by atoms with Crippen molar-refractivity contribution in [1.29, 1.82) is 0 Å². The third kappa shape index (κ3) is 3.37. The highest BCUT2D eigenvalue weighted by Gasteiger charge is 2.56. The number of hydrogen-bond acceptors (Lipinski definition) is 3. The van der Waals surface area contributed by atoms with E-state index in [0.717, 1.165) is 6.92 Å². The van der Waals surface area contributed by atoms with E-state index >= 15 is 0 Å². The van der Waals surface area contributed by atoms with Crippen molar-refractivity contribution in [3.8, 4) is 0 Å². The quantitative estimate of drug-likeness (QED) is 0.549. The average molecular weight is 242 g/mol. The molecule has 0 bridgehead atoms. The number of rotatable bonds is 5. The molecule has 0 radical (unpaired) electrons. The lowest BCUT2D eigenvalue weighted by Gasteiger charge is -2.29. The lowest BCUT2D eigenvalue weighted by Crippen LogP contribution is -2.44. The predicted octanol–water partition coefficient (Wildman–Crippen LogP) is 2.89. The van der Waals surface area contributed by atoms with Crippen LogP contribution in [0, 0.1) is 5.41 Å². The van der Waals surface area contributed by atoms with Crippen LogP contribution in [0.3, 0.4) is 0 Å². The molecule has 0 fully saturated rings. The molecule has 0 rings (SSSR count). The van der Waals surface area contributed by atoms with Gasteiger partial charge in [0.15, 0.2) is 11.7 Å². The molecule has 0 aliphatic carbocycles. The van der Waals surface area contributed by atoms with Gasteiger partial charge in [-0.2, -0.15) is 13.2 Å². The van der Waals surface area contributed by atoms with Crippen molar-refractivity contribution in [1.82, 2.24) is 0 Å². The van der Waals surface area contributed by atoms with Crippen LogP contribution in [-0.4, -0.2) is 25.0 Å². The average Bonchev–Trinajstić information content (AvgIpc) is 2.14. The van der Waals surface area contributed by atoms with E-state index in [0.29, 0.717) is 0 Å². The topological polar surface area (TPSA) is 35.5 Å². The molecule has 96 valence electrons. The summed E-state index contributed by atoms with van der Waals surface area (Å²) in [6, 6.07) is 0. The number of ether oxygens (including phenoxy) is 2. The van der Waals surface area contributed by atoms with Gasteiger partial charge in [-0.25, -0.2) is 0 Å². The maximum atomic E-state index is 12.6. The summed E-state index contributed by atoms with van der Waals surface area (Å²) in [5.74, 6) is -1.30. The number of hydrogen-bond donors (Lipinski definition) is 0. The molecule has 16 heavy (non-hydrogen) atoms. The molecular weight excluding hydrogens is 225 g/mol. The highest BCUT2D eigenvalue weighted by atomic mass is 19.4. The molecule has 0 heterocycles. The zero-order valence-corrected chi connectivity index (χ0v) is 9.85. The lowest BCUT2D eigenvalue weighted by atomic mass is 9.87. The highest BCUT2D eigenvalue weighted by molar-refractivity contribution is 5.77. The maximum absolute atomic E-state index is 12.6. The van der Waals surface area contributed by atoms with Crippen LogP contribution >= 0.6 is 0 Å². The normalized spacial score (nSPS) is 17.7. The van der Waals surface area contributed by atoms with Crippen LogP contribution in [0.2, 0.25) is 0 Å². The van der Waals surface area contributed by atoms with E-state index < -0.39 is 23.9 Å². The van der Waals surface area contributed by atoms with Crippen LogP contribution in [0.4, 0.5) is 13.2 Å². The van der Waals surface area contributed by atoms with Gasteiger partial charge in [-0.15, -0.1) is 0 Å². The minimum absolute atomic E-state index is 0.267. The molecule has 0 aromatic rings. The van der Waals surface area contributed by atoms with Crippen LogP contribution in [0.1, 0.15) is 34.1 Å². The number of carbonyl (C=O) groups is 1. The first-order valence-corrected chi connectivity index (χ1v) is 5.08. The second-order valence-corrected chi connectivity index (χ2v) is 3.61. The van der Waals surface area contributed by atoms with Gasteiger partial charge in [0.1, 0.15) is 0 Å². The van der Waals surface area contributed by atoms with Crippen LogP contribution in [-0.2, 0) is 14.3 Å². The Labute approximate surface area is 92.9 Å². The summed E-state index contributed by atoms with van der Waals surface area (Å²) in [6.45, 7) is 5.43. The SMILES string of the molecule is CCOC(C)OC(=O)C(C)(CC)C(F)(F)F. The summed E-state index contributed by atoms with van der Waals surface area (Å²) in [6.07, 6.45) is -5.95. The molecule has 3 nitrogen and oxygen atoms in total. The van der Waals surface area contributed by atoms with Crippen molar-refractivity contribution in [3.05, 3.63) is 0 Å². The van der Waals surface area contributed by atoms with Crippen LogP contribution in [0.15, 0.2) is 0 Å². The molecule has 2 unspecified atom stereocenters. The van der Waals surface area contributed by atoms with Crippen molar-refractivity contribution < 1.29 is 27.4 Å². The van der Waals surface area contributed by atoms with Crippen molar-refractivity contribution >= 4 is 5.97 Å². The molecular formula is C10H17F3O3. The minimum atomic E-state index is -4.62. The first-order chi connectivity index (χ1) is 7.19. The Kier molecular flexibility index (Phi) is 5.25. The third-order valence-electron chi connectivity index (χ3n) is 2.46. The van der Waals surface area contributed by atoms with Gasteiger partial charge in [0, 0.05) is 6.61 Å². The van der Waals surface area contributed by atoms with Crippen molar-refractivity contribution in [2.24, 2.45) is 5.41 Å². The van der Waals surface area contributed by atoms with E-state index in [1.54, 1.807) is 6.92 Å². The first kappa shape index (κ1) is 15.2. The Morgan fingerprint density at radius 1 is 1.31 bits per heavy atom. The van der Waals surface area contributed by atoms with E-state index in [-0.39, 0.29) is 13.0 Å². The van der Waals surface area contributed by atoms with Gasteiger partial charge in [0.05, 0.1) is 0 Å². The molecule has 0 saturated heterocycles. The van der Waals surface area contributed by atoms with E-state index in [4.69, 9.17) is 4.74 Å². The summed E-state index contributed by atoms with van der Waals surface area (Å²) < 4.78 is 47.4. The summed E-state index contributed by atoms with van der Waals surface area (Å²) >= 11 is 0. The van der Waals surface area contributed by atoms with Crippen molar-refractivity contribution in [2.45, 2.75) is 46.6 Å². The van der Waals surface area contributed by atoms with Gasteiger partial charge in [-0.3, -0.25) is 4.79 Å². The minimum Gasteiger partial charge on any atom is -0.435 e. The Balaban J connectivity index is 4.67. The standard InChI is InChI=1S/C10H17F3O3/c1-5-9(4,10(11,12)13)8(14)16-7(3)15-6-2/h7H,5-6H2,1-4H3. The van der Waals surface area contributed by atoms with Crippen LogP contribution in [0.5, 0.6) is 0 Å². The van der Waals surface area contributed by atoms with E-state index in [2.05, 4.69) is 4.74 Å². The van der Waals surface area contributed by atoms with Crippen LogP contribution < -0.4 is 0 Å². The number of halogens is 3. The number of esters is 1. The smallest absolute Gasteiger partial charge is 0.404 e. The fourth-order valence-electron chi connectivity index (χ4n) is 1.01. The molecule has 0 aliphatic heterocycles. The maximum Gasteiger partial charge on any atom is 0.404 e. The molecule has 0 aromatic heterocycles. The zero-order chi connectivity index (χ0) is 13.0.